The van der Waals surface area contributed by atoms with Crippen LogP contribution in [0.4, 0.5) is 0 Å². The third kappa shape index (κ3) is 4.62. The van der Waals surface area contributed by atoms with Gasteiger partial charge in [-0.05, 0) is 30.7 Å². The molecule has 0 N–H and O–H groups in total. The van der Waals surface area contributed by atoms with E-state index in [0.29, 0.717) is 11.5 Å². The standard InChI is InChI=1S/C20H18NO3S.ClHO4/c1-13-10-14(2)21(15(3)11-13)16-8-9-18-20(12-16)25(22,23)19-7-5-4-6-17(19)24-18;2-1(3,4)5/h4-12H,1-3H3;(H,2,3,4,5)/q+1;/p-1. The van der Waals surface area contributed by atoms with Gasteiger partial charge in [-0.2, -0.15) is 4.57 Å². The minimum Gasteiger partial charge on any atom is -0.455 e. The molecule has 158 valence electrons. The third-order valence-corrected chi connectivity index (χ3v) is 6.23. The van der Waals surface area contributed by atoms with E-state index in [9.17, 15) is 8.42 Å². The maximum atomic E-state index is 13.0. The van der Waals surface area contributed by atoms with Gasteiger partial charge in [-0.1, -0.05) is 12.1 Å². The second-order valence-electron chi connectivity index (χ2n) is 6.71. The predicted molar refractivity (Wildman–Crippen MR) is 94.2 cm³/mol. The average molecular weight is 452 g/mol. The van der Waals surface area contributed by atoms with Crippen molar-refractivity contribution < 1.29 is 46.6 Å². The largest absolute Gasteiger partial charge is 0.455 e. The number of fused-ring (bicyclic) bond motifs is 2. The zero-order valence-corrected chi connectivity index (χ0v) is 17.9. The number of rotatable bonds is 1. The van der Waals surface area contributed by atoms with Crippen molar-refractivity contribution in [2.24, 2.45) is 0 Å². The van der Waals surface area contributed by atoms with Crippen LogP contribution in [0.3, 0.4) is 0 Å². The topological polar surface area (TPSA) is 139 Å². The van der Waals surface area contributed by atoms with Gasteiger partial charge in [0.15, 0.2) is 11.4 Å². The molecular weight excluding hydrogens is 434 g/mol. The van der Waals surface area contributed by atoms with Gasteiger partial charge in [-0.25, -0.2) is 27.1 Å². The van der Waals surface area contributed by atoms with Crippen LogP contribution >= 0.6 is 0 Å². The van der Waals surface area contributed by atoms with E-state index in [-0.39, 0.29) is 9.79 Å². The number of aryl methyl sites for hydroxylation is 3. The molecule has 0 unspecified atom stereocenters. The number of para-hydroxylation sites is 1. The van der Waals surface area contributed by atoms with Crippen LogP contribution in [0.25, 0.3) is 5.69 Å². The Morgan fingerprint density at radius 2 is 1.33 bits per heavy atom. The Morgan fingerprint density at radius 1 is 0.800 bits per heavy atom. The molecule has 0 aliphatic carbocycles. The van der Waals surface area contributed by atoms with Crippen molar-refractivity contribution >= 4 is 9.84 Å². The van der Waals surface area contributed by atoms with Crippen molar-refractivity contribution in [3.05, 3.63) is 71.5 Å². The smallest absolute Gasteiger partial charge is 0.214 e. The Balaban J connectivity index is 0.000000461. The Kier molecular flexibility index (Phi) is 5.87. The van der Waals surface area contributed by atoms with E-state index in [4.69, 9.17) is 23.4 Å². The lowest BCUT2D eigenvalue weighted by Crippen LogP contribution is -2.68. The first-order valence-electron chi connectivity index (χ1n) is 8.66. The number of ether oxygens (including phenoxy) is 1. The van der Waals surface area contributed by atoms with E-state index >= 15 is 0 Å². The summed E-state index contributed by atoms with van der Waals surface area (Å²) in [6.07, 6.45) is 0. The minimum absolute atomic E-state index is 0.204. The fraction of sp³-hybridized carbons (Fsp3) is 0.150. The molecule has 0 bridgehead atoms. The molecule has 30 heavy (non-hydrogen) atoms. The number of pyridine rings is 1. The summed E-state index contributed by atoms with van der Waals surface area (Å²) in [5.74, 6) is 0.739. The number of halogens is 1. The quantitative estimate of drug-likeness (QED) is 0.340. The lowest BCUT2D eigenvalue weighted by atomic mass is 10.2. The molecule has 2 aromatic carbocycles. The number of aromatic nitrogens is 1. The fourth-order valence-electron chi connectivity index (χ4n) is 3.44. The van der Waals surface area contributed by atoms with Crippen molar-refractivity contribution in [2.45, 2.75) is 30.6 Å². The second kappa shape index (κ2) is 7.95. The van der Waals surface area contributed by atoms with E-state index in [1.165, 1.54) is 5.56 Å². The SMILES string of the molecule is Cc1cc(C)[n+](-c2ccc3c(c2)S(=O)(=O)c2ccccc2O3)c(C)c1.[O-][Cl+3]([O-])([O-])[O-]. The minimum atomic E-state index is -4.94. The zero-order valence-electron chi connectivity index (χ0n) is 16.3. The highest BCUT2D eigenvalue weighted by Gasteiger charge is 2.32. The molecule has 0 saturated heterocycles. The first-order chi connectivity index (χ1) is 13.9. The van der Waals surface area contributed by atoms with Gasteiger partial charge >= 0.3 is 0 Å². The van der Waals surface area contributed by atoms with Crippen LogP contribution < -0.4 is 27.9 Å². The Bertz CT molecular complexity index is 1190. The summed E-state index contributed by atoms with van der Waals surface area (Å²) in [4.78, 5) is 0.414. The molecule has 0 radical (unpaired) electrons. The maximum absolute atomic E-state index is 13.0. The molecule has 1 aliphatic heterocycles. The van der Waals surface area contributed by atoms with E-state index in [0.717, 1.165) is 17.1 Å². The van der Waals surface area contributed by atoms with Crippen LogP contribution in [0.1, 0.15) is 17.0 Å². The van der Waals surface area contributed by atoms with Crippen LogP contribution in [-0.2, 0) is 9.84 Å². The van der Waals surface area contributed by atoms with Gasteiger partial charge < -0.3 is 4.74 Å². The molecule has 3 aromatic rings. The summed E-state index contributed by atoms with van der Waals surface area (Å²) in [6, 6.07) is 16.2. The summed E-state index contributed by atoms with van der Waals surface area (Å²) in [5.41, 5.74) is 4.08. The molecular formula is C20H18ClNO7S. The van der Waals surface area contributed by atoms with Crippen LogP contribution in [-0.4, -0.2) is 8.42 Å². The van der Waals surface area contributed by atoms with Gasteiger partial charge in [0, 0.05) is 38.1 Å². The van der Waals surface area contributed by atoms with Crippen LogP contribution in [0, 0.1) is 31.0 Å². The van der Waals surface area contributed by atoms with Crippen LogP contribution in [0.2, 0.25) is 0 Å². The summed E-state index contributed by atoms with van der Waals surface area (Å²) < 4.78 is 67.8. The summed E-state index contributed by atoms with van der Waals surface area (Å²) in [7, 11) is -8.55. The number of hydrogen-bond donors (Lipinski definition) is 0. The average Bonchev–Trinajstić information content (AvgIpc) is 2.60. The number of nitrogens with zero attached hydrogens (tertiary/aromatic N) is 1. The Hall–Kier alpha value is -2.53. The van der Waals surface area contributed by atoms with Gasteiger partial charge in [0.05, 0.1) is 0 Å². The number of sulfone groups is 1. The van der Waals surface area contributed by atoms with Crippen molar-refractivity contribution in [2.75, 3.05) is 0 Å². The summed E-state index contributed by atoms with van der Waals surface area (Å²) >= 11 is 0. The molecule has 10 heteroatoms. The molecule has 1 aromatic heterocycles. The first-order valence-corrected chi connectivity index (χ1v) is 11.4. The highest BCUT2D eigenvalue weighted by Crippen LogP contribution is 2.42. The summed E-state index contributed by atoms with van der Waals surface area (Å²) in [5, 5.41) is 0. The molecule has 0 spiro atoms. The molecule has 0 fully saturated rings. The molecule has 0 atom stereocenters. The normalized spacial score (nSPS) is 14.0. The van der Waals surface area contributed by atoms with Crippen LogP contribution in [0.5, 0.6) is 11.5 Å². The first kappa shape index (κ1) is 22.2. The van der Waals surface area contributed by atoms with Gasteiger partial charge in [0.1, 0.15) is 21.3 Å². The van der Waals surface area contributed by atoms with Crippen LogP contribution in [0.15, 0.2) is 64.4 Å². The third-order valence-electron chi connectivity index (χ3n) is 4.41. The van der Waals surface area contributed by atoms with Gasteiger partial charge in [-0.3, -0.25) is 0 Å². The Labute approximate surface area is 175 Å². The predicted octanol–water partition coefficient (Wildman–Crippen LogP) is -0.929. The molecule has 2 heterocycles. The molecule has 8 nitrogen and oxygen atoms in total. The fourth-order valence-corrected chi connectivity index (χ4v) is 4.96. The lowest BCUT2D eigenvalue weighted by Gasteiger charge is -2.20. The van der Waals surface area contributed by atoms with Crippen molar-refractivity contribution in [1.82, 2.24) is 0 Å². The molecule has 0 amide bonds. The number of hydrogen-bond acceptors (Lipinski definition) is 7. The van der Waals surface area contributed by atoms with E-state index < -0.39 is 20.1 Å². The second-order valence-corrected chi connectivity index (χ2v) is 9.35. The molecule has 1 aliphatic rings. The monoisotopic (exact) mass is 451 g/mol. The van der Waals surface area contributed by atoms with E-state index in [1.807, 2.05) is 31.4 Å². The molecule has 0 saturated carbocycles. The van der Waals surface area contributed by atoms with E-state index in [2.05, 4.69) is 12.1 Å². The maximum Gasteiger partial charge on any atom is 0.214 e. The number of benzene rings is 2. The highest BCUT2D eigenvalue weighted by atomic mass is 35.7. The Morgan fingerprint density at radius 3 is 1.93 bits per heavy atom. The summed E-state index contributed by atoms with van der Waals surface area (Å²) in [6.45, 7) is 6.08. The molecule has 4 rings (SSSR count). The lowest BCUT2D eigenvalue weighted by molar-refractivity contribution is -2.00. The van der Waals surface area contributed by atoms with Gasteiger partial charge in [-0.15, -0.1) is 10.2 Å². The van der Waals surface area contributed by atoms with Crippen molar-refractivity contribution in [3.63, 3.8) is 0 Å². The highest BCUT2D eigenvalue weighted by molar-refractivity contribution is 7.91. The van der Waals surface area contributed by atoms with Gasteiger partial charge in [0.25, 0.3) is 0 Å². The van der Waals surface area contributed by atoms with E-state index in [1.54, 1.807) is 36.4 Å². The van der Waals surface area contributed by atoms with Crippen molar-refractivity contribution in [3.8, 4) is 17.2 Å². The van der Waals surface area contributed by atoms with Gasteiger partial charge in [0.2, 0.25) is 15.5 Å². The van der Waals surface area contributed by atoms with Crippen molar-refractivity contribution in [1.29, 1.82) is 0 Å². The zero-order chi connectivity index (χ0) is 22.3.